The van der Waals surface area contributed by atoms with Crippen molar-refractivity contribution in [2.75, 3.05) is 6.54 Å². The van der Waals surface area contributed by atoms with Crippen LogP contribution in [0.5, 0.6) is 0 Å². The molecule has 5 heteroatoms. The highest BCUT2D eigenvalue weighted by atomic mass is 32.2. The van der Waals surface area contributed by atoms with Gasteiger partial charge in [0, 0.05) is 12.1 Å². The zero-order valence-corrected chi connectivity index (χ0v) is 15.1. The summed E-state index contributed by atoms with van der Waals surface area (Å²) in [6, 6.07) is 7.97. The summed E-state index contributed by atoms with van der Waals surface area (Å²) in [6.45, 7) is 11.6. The Hall–Kier alpha value is -0.780. The molecule has 2 aromatic rings. The highest BCUT2D eigenvalue weighted by molar-refractivity contribution is 7.85. The average molecular weight is 325 g/mol. The third-order valence-electron chi connectivity index (χ3n) is 3.70. The minimum absolute atomic E-state index is 0.104. The lowest BCUT2D eigenvalue weighted by molar-refractivity contribution is 0.211. The van der Waals surface area contributed by atoms with E-state index in [0.717, 1.165) is 23.2 Å². The van der Waals surface area contributed by atoms with Crippen LogP contribution in [-0.4, -0.2) is 25.6 Å². The lowest BCUT2D eigenvalue weighted by atomic mass is 10.0. The molecule has 21 heavy (non-hydrogen) atoms. The first-order valence-electron chi connectivity index (χ1n) is 7.40. The summed E-state index contributed by atoms with van der Waals surface area (Å²) in [7, 11) is -1.20. The number of thiazole rings is 1. The van der Waals surface area contributed by atoms with E-state index in [0.29, 0.717) is 10.3 Å². The van der Waals surface area contributed by atoms with Gasteiger partial charge in [-0.15, -0.1) is 11.3 Å². The van der Waals surface area contributed by atoms with Gasteiger partial charge in [0.25, 0.3) is 0 Å². The van der Waals surface area contributed by atoms with Gasteiger partial charge in [-0.1, -0.05) is 32.9 Å². The van der Waals surface area contributed by atoms with Crippen LogP contribution in [0, 0.1) is 5.92 Å². The van der Waals surface area contributed by atoms with E-state index in [2.05, 4.69) is 43.9 Å². The Bertz CT molecular complexity index is 601. The molecule has 0 radical (unpaired) electrons. The molecule has 0 spiro atoms. The number of aromatic nitrogens is 1. The molecule has 0 amide bonds. The number of hydrogen-bond donors (Lipinski definition) is 0. The fourth-order valence-corrected chi connectivity index (χ4v) is 4.97. The molecular formula is C16H24N2OS2. The number of hydrogen-bond acceptors (Lipinski definition) is 3. The van der Waals surface area contributed by atoms with Gasteiger partial charge in [0.2, 0.25) is 0 Å². The van der Waals surface area contributed by atoms with E-state index in [4.69, 9.17) is 0 Å². The highest BCUT2D eigenvalue weighted by Gasteiger charge is 2.32. The number of para-hydroxylation sites is 1. The summed E-state index contributed by atoms with van der Waals surface area (Å²) in [5, 5.41) is 0. The summed E-state index contributed by atoms with van der Waals surface area (Å²) in [5.41, 5.74) is 0.831. The first-order chi connectivity index (χ1) is 9.85. The fraction of sp³-hybridized carbons (Fsp3) is 0.562. The van der Waals surface area contributed by atoms with E-state index in [1.807, 2.05) is 24.3 Å². The van der Waals surface area contributed by atoms with Crippen LogP contribution < -0.4 is 0 Å². The van der Waals surface area contributed by atoms with Crippen molar-refractivity contribution >= 4 is 32.5 Å². The molecular weight excluding hydrogens is 300 g/mol. The molecule has 116 valence electrons. The van der Waals surface area contributed by atoms with E-state index < -0.39 is 11.0 Å². The number of benzene rings is 1. The molecule has 1 aromatic heterocycles. The molecule has 2 rings (SSSR count). The van der Waals surface area contributed by atoms with E-state index in [1.54, 1.807) is 0 Å². The molecule has 0 saturated heterocycles. The Morgan fingerprint density at radius 2 is 2.00 bits per heavy atom. The SMILES string of the molecule is CCC(C)(C)N(CC(C)C)S(=O)c1nc2ccccc2s1. The largest absolute Gasteiger partial charge is 0.235 e. The lowest BCUT2D eigenvalue weighted by Gasteiger charge is -2.36. The van der Waals surface area contributed by atoms with Gasteiger partial charge in [-0.3, -0.25) is 0 Å². The van der Waals surface area contributed by atoms with Crippen LogP contribution in [0.1, 0.15) is 41.0 Å². The second-order valence-electron chi connectivity index (χ2n) is 6.32. The van der Waals surface area contributed by atoms with Crippen molar-refractivity contribution in [2.45, 2.75) is 50.9 Å². The van der Waals surface area contributed by atoms with Gasteiger partial charge in [0.1, 0.15) is 0 Å². The predicted octanol–water partition coefficient (Wildman–Crippen LogP) is 4.47. The topological polar surface area (TPSA) is 33.2 Å². The van der Waals surface area contributed by atoms with Gasteiger partial charge in [-0.05, 0) is 38.3 Å². The van der Waals surface area contributed by atoms with Crippen molar-refractivity contribution in [1.29, 1.82) is 0 Å². The van der Waals surface area contributed by atoms with Crippen molar-refractivity contribution in [3.05, 3.63) is 24.3 Å². The smallest absolute Gasteiger partial charge is 0.197 e. The van der Waals surface area contributed by atoms with Crippen molar-refractivity contribution in [3.63, 3.8) is 0 Å². The molecule has 3 nitrogen and oxygen atoms in total. The zero-order chi connectivity index (χ0) is 15.6. The molecule has 0 aliphatic carbocycles. The third kappa shape index (κ3) is 3.71. The van der Waals surface area contributed by atoms with E-state index >= 15 is 0 Å². The monoisotopic (exact) mass is 324 g/mol. The van der Waals surface area contributed by atoms with E-state index in [1.165, 1.54) is 11.3 Å². The van der Waals surface area contributed by atoms with Crippen molar-refractivity contribution in [2.24, 2.45) is 5.92 Å². The molecule has 0 N–H and O–H groups in total. The maximum absolute atomic E-state index is 13.0. The van der Waals surface area contributed by atoms with Crippen LogP contribution in [0.2, 0.25) is 0 Å². The molecule has 0 aliphatic heterocycles. The summed E-state index contributed by atoms with van der Waals surface area (Å²) in [6.07, 6.45) is 0.955. The van der Waals surface area contributed by atoms with Crippen molar-refractivity contribution in [1.82, 2.24) is 9.29 Å². The average Bonchev–Trinajstić information content (AvgIpc) is 2.87. The summed E-state index contributed by atoms with van der Waals surface area (Å²) in [5.74, 6) is 0.467. The number of rotatable bonds is 6. The van der Waals surface area contributed by atoms with Gasteiger partial charge in [0.05, 0.1) is 10.2 Å². The summed E-state index contributed by atoms with van der Waals surface area (Å²) >= 11 is 1.53. The Morgan fingerprint density at radius 3 is 2.57 bits per heavy atom. The Balaban J connectivity index is 2.37. The Morgan fingerprint density at radius 1 is 1.33 bits per heavy atom. The minimum atomic E-state index is -1.20. The Labute approximate surface area is 134 Å². The quantitative estimate of drug-likeness (QED) is 0.785. The minimum Gasteiger partial charge on any atom is -0.235 e. The standard InChI is InChI=1S/C16H24N2OS2/c1-6-16(4,5)18(11-12(2)3)21(19)15-17-13-9-7-8-10-14(13)20-15/h7-10,12H,6,11H2,1-5H3. The fourth-order valence-electron chi connectivity index (χ4n) is 2.07. The molecule has 1 unspecified atom stereocenters. The van der Waals surface area contributed by atoms with Crippen LogP contribution in [0.4, 0.5) is 0 Å². The van der Waals surface area contributed by atoms with Gasteiger partial charge >= 0.3 is 0 Å². The van der Waals surface area contributed by atoms with Crippen LogP contribution in [0.15, 0.2) is 28.6 Å². The van der Waals surface area contributed by atoms with Gasteiger partial charge in [-0.2, -0.15) is 0 Å². The molecule has 0 aliphatic rings. The summed E-state index contributed by atoms with van der Waals surface area (Å²) in [4.78, 5) is 4.57. The van der Waals surface area contributed by atoms with Crippen LogP contribution in [0.3, 0.4) is 0 Å². The number of nitrogens with zero attached hydrogens (tertiary/aromatic N) is 2. The first-order valence-corrected chi connectivity index (χ1v) is 9.32. The van der Waals surface area contributed by atoms with Crippen molar-refractivity contribution < 1.29 is 4.21 Å². The van der Waals surface area contributed by atoms with Gasteiger partial charge in [0.15, 0.2) is 15.3 Å². The van der Waals surface area contributed by atoms with Gasteiger partial charge < -0.3 is 0 Å². The maximum Gasteiger partial charge on any atom is 0.197 e. The predicted molar refractivity (Wildman–Crippen MR) is 91.9 cm³/mol. The van der Waals surface area contributed by atoms with Crippen LogP contribution >= 0.6 is 11.3 Å². The Kier molecular flexibility index (Phi) is 5.17. The summed E-state index contributed by atoms with van der Waals surface area (Å²) < 4.78 is 16.9. The maximum atomic E-state index is 13.0. The molecule has 1 atom stereocenters. The third-order valence-corrected chi connectivity index (χ3v) is 6.64. The molecule has 0 bridgehead atoms. The van der Waals surface area contributed by atoms with E-state index in [-0.39, 0.29) is 5.54 Å². The first kappa shape index (κ1) is 16.6. The lowest BCUT2D eigenvalue weighted by Crippen LogP contribution is -2.46. The van der Waals surface area contributed by atoms with Crippen LogP contribution in [-0.2, 0) is 11.0 Å². The molecule has 0 saturated carbocycles. The molecule has 1 aromatic carbocycles. The molecule has 1 heterocycles. The van der Waals surface area contributed by atoms with Gasteiger partial charge in [-0.25, -0.2) is 13.5 Å². The second-order valence-corrected chi connectivity index (χ2v) is 8.93. The number of fused-ring (bicyclic) bond motifs is 1. The highest BCUT2D eigenvalue weighted by Crippen LogP contribution is 2.30. The second kappa shape index (κ2) is 6.55. The van der Waals surface area contributed by atoms with Crippen LogP contribution in [0.25, 0.3) is 10.2 Å². The van der Waals surface area contributed by atoms with E-state index in [9.17, 15) is 4.21 Å². The van der Waals surface area contributed by atoms with Crippen molar-refractivity contribution in [3.8, 4) is 0 Å². The molecule has 0 fully saturated rings. The normalized spacial score (nSPS) is 14.2. The zero-order valence-electron chi connectivity index (χ0n) is 13.4.